The highest BCUT2D eigenvalue weighted by Crippen LogP contribution is 2.37. The minimum atomic E-state index is 0. The van der Waals surface area contributed by atoms with Crippen LogP contribution in [0.5, 0.6) is 11.5 Å². The van der Waals surface area contributed by atoms with Crippen molar-refractivity contribution in [2.45, 2.75) is 13.0 Å². The van der Waals surface area contributed by atoms with Crippen LogP contribution in [-0.4, -0.2) is 31.9 Å². The number of benzene rings is 1. The highest BCUT2D eigenvalue weighted by molar-refractivity contribution is 5.49. The second-order valence-corrected chi connectivity index (χ2v) is 5.04. The zero-order chi connectivity index (χ0) is 10.5. The largest absolute Gasteiger partial charge is 1.00 e. The number of fused-ring (bicyclic) bond motifs is 2. The first-order valence-electron chi connectivity index (χ1n) is 5.37. The van der Waals surface area contributed by atoms with Gasteiger partial charge in [0.25, 0.3) is 0 Å². The molecule has 0 aliphatic carbocycles. The van der Waals surface area contributed by atoms with E-state index in [4.69, 9.17) is 9.47 Å². The van der Waals surface area contributed by atoms with Crippen molar-refractivity contribution >= 4 is 0 Å². The number of rotatable bonds is 0. The summed E-state index contributed by atoms with van der Waals surface area (Å²) in [4.78, 5) is 0. The molecule has 0 atom stereocenters. The van der Waals surface area contributed by atoms with Crippen molar-refractivity contribution in [1.29, 1.82) is 0 Å². The summed E-state index contributed by atoms with van der Waals surface area (Å²) < 4.78 is 11.9. The first-order valence-corrected chi connectivity index (χ1v) is 5.37. The van der Waals surface area contributed by atoms with E-state index in [0.29, 0.717) is 6.79 Å². The van der Waals surface area contributed by atoms with Gasteiger partial charge in [-0.1, -0.05) is 0 Å². The van der Waals surface area contributed by atoms with Crippen LogP contribution in [0.3, 0.4) is 0 Å². The molecule has 2 aliphatic rings. The van der Waals surface area contributed by atoms with Crippen LogP contribution >= 0.6 is 0 Å². The molecule has 0 unspecified atom stereocenters. The van der Waals surface area contributed by atoms with Crippen LogP contribution in [0, 0.1) is 0 Å². The van der Waals surface area contributed by atoms with E-state index in [9.17, 15) is 0 Å². The normalized spacial score (nSPS) is 19.9. The van der Waals surface area contributed by atoms with Crippen LogP contribution in [0.15, 0.2) is 12.1 Å². The van der Waals surface area contributed by atoms with Gasteiger partial charge in [-0.2, -0.15) is 0 Å². The molecule has 4 heteroatoms. The summed E-state index contributed by atoms with van der Waals surface area (Å²) in [5.74, 6) is 1.83. The van der Waals surface area contributed by atoms with Crippen LogP contribution in [-0.2, 0) is 13.0 Å². The smallest absolute Gasteiger partial charge is 0.231 e. The maximum atomic E-state index is 5.40. The average molecular weight is 333 g/mol. The molecule has 1 aromatic carbocycles. The minimum Gasteiger partial charge on any atom is -1.00 e. The Morgan fingerprint density at radius 3 is 2.38 bits per heavy atom. The molecule has 0 amide bonds. The Kier molecular flexibility index (Phi) is 3.05. The number of hydrogen-bond acceptors (Lipinski definition) is 2. The molecule has 0 spiro atoms. The number of hydrogen-bond donors (Lipinski definition) is 0. The zero-order valence-corrected chi connectivity index (χ0v) is 11.8. The van der Waals surface area contributed by atoms with E-state index >= 15 is 0 Å². The molecule has 0 bridgehead atoms. The third-order valence-corrected chi connectivity index (χ3v) is 3.28. The maximum Gasteiger partial charge on any atom is 0.231 e. The van der Waals surface area contributed by atoms with Gasteiger partial charge in [-0.15, -0.1) is 0 Å². The van der Waals surface area contributed by atoms with Gasteiger partial charge in [0.05, 0.1) is 20.6 Å². The molecule has 88 valence electrons. The molecule has 0 radical (unpaired) electrons. The van der Waals surface area contributed by atoms with Crippen molar-refractivity contribution < 1.29 is 37.9 Å². The first-order chi connectivity index (χ1) is 7.14. The van der Waals surface area contributed by atoms with Crippen molar-refractivity contribution in [3.63, 3.8) is 0 Å². The first kappa shape index (κ1) is 12.0. The lowest BCUT2D eigenvalue weighted by Crippen LogP contribution is -3.00. The molecule has 2 aliphatic heterocycles. The van der Waals surface area contributed by atoms with E-state index in [1.807, 2.05) is 0 Å². The van der Waals surface area contributed by atoms with Crippen LogP contribution in [0.4, 0.5) is 0 Å². The van der Waals surface area contributed by atoms with Gasteiger partial charge in [0, 0.05) is 12.0 Å². The van der Waals surface area contributed by atoms with Crippen LogP contribution < -0.4 is 33.5 Å². The van der Waals surface area contributed by atoms with Crippen LogP contribution in [0.1, 0.15) is 11.1 Å². The Bertz CT molecular complexity index is 418. The fraction of sp³-hybridized carbons (Fsp3) is 0.500. The number of halogens is 1. The van der Waals surface area contributed by atoms with Crippen molar-refractivity contribution in [1.82, 2.24) is 0 Å². The van der Waals surface area contributed by atoms with Crippen molar-refractivity contribution in [3.05, 3.63) is 23.3 Å². The fourth-order valence-corrected chi connectivity index (χ4v) is 2.37. The second kappa shape index (κ2) is 4.07. The SMILES string of the molecule is C[N+]1(C)CCc2cc3c(cc2C1)OCO3.[I-]. The molecule has 3 rings (SSSR count). The Balaban J connectivity index is 0.000000963. The quantitative estimate of drug-likeness (QED) is 0.427. The third kappa shape index (κ3) is 2.00. The van der Waals surface area contributed by atoms with Crippen LogP contribution in [0.25, 0.3) is 0 Å². The third-order valence-electron chi connectivity index (χ3n) is 3.28. The average Bonchev–Trinajstić information content (AvgIpc) is 2.60. The minimum absolute atomic E-state index is 0. The topological polar surface area (TPSA) is 18.5 Å². The maximum absolute atomic E-state index is 5.40. The van der Waals surface area contributed by atoms with Crippen molar-refractivity contribution in [2.75, 3.05) is 27.4 Å². The summed E-state index contributed by atoms with van der Waals surface area (Å²) in [6, 6.07) is 4.30. The van der Waals surface area contributed by atoms with Gasteiger partial charge >= 0.3 is 0 Å². The Labute approximate surface area is 113 Å². The van der Waals surface area contributed by atoms with Gasteiger partial charge in [0.1, 0.15) is 6.54 Å². The Hall–Kier alpha value is -0.490. The molecule has 3 nitrogen and oxygen atoms in total. The number of ether oxygens (including phenoxy) is 2. The summed E-state index contributed by atoms with van der Waals surface area (Å²) in [5, 5.41) is 0. The molecule has 0 fully saturated rings. The van der Waals surface area contributed by atoms with Gasteiger partial charge in [-0.05, 0) is 17.7 Å². The predicted octanol–water partition coefficient (Wildman–Crippen LogP) is -1.45. The highest BCUT2D eigenvalue weighted by Gasteiger charge is 2.27. The molecular weight excluding hydrogens is 317 g/mol. The van der Waals surface area contributed by atoms with Crippen molar-refractivity contribution in [3.8, 4) is 11.5 Å². The molecule has 2 heterocycles. The summed E-state index contributed by atoms with van der Waals surface area (Å²) >= 11 is 0. The summed E-state index contributed by atoms with van der Waals surface area (Å²) in [5.41, 5.74) is 2.84. The van der Waals surface area contributed by atoms with E-state index in [1.165, 1.54) is 17.7 Å². The Morgan fingerprint density at radius 2 is 1.69 bits per heavy atom. The monoisotopic (exact) mass is 333 g/mol. The van der Waals surface area contributed by atoms with E-state index in [0.717, 1.165) is 28.9 Å². The van der Waals surface area contributed by atoms with Gasteiger partial charge in [-0.3, -0.25) is 0 Å². The van der Waals surface area contributed by atoms with E-state index in [2.05, 4.69) is 26.2 Å². The van der Waals surface area contributed by atoms with Gasteiger partial charge in [0.2, 0.25) is 6.79 Å². The Morgan fingerprint density at radius 1 is 1.06 bits per heavy atom. The molecule has 0 saturated heterocycles. The van der Waals surface area contributed by atoms with E-state index in [-0.39, 0.29) is 24.0 Å². The predicted molar refractivity (Wildman–Crippen MR) is 56.9 cm³/mol. The lowest BCUT2D eigenvalue weighted by atomic mass is 9.98. The fourth-order valence-electron chi connectivity index (χ4n) is 2.37. The summed E-state index contributed by atoms with van der Waals surface area (Å²) in [6.45, 7) is 2.66. The van der Waals surface area contributed by atoms with Crippen LogP contribution in [0.2, 0.25) is 0 Å². The van der Waals surface area contributed by atoms with Crippen molar-refractivity contribution in [2.24, 2.45) is 0 Å². The zero-order valence-electron chi connectivity index (χ0n) is 9.62. The number of quaternary nitrogens is 1. The summed E-state index contributed by atoms with van der Waals surface area (Å²) in [7, 11) is 4.54. The van der Waals surface area contributed by atoms with Gasteiger partial charge < -0.3 is 37.9 Å². The second-order valence-electron chi connectivity index (χ2n) is 5.04. The molecular formula is C12H16INO2. The van der Waals surface area contributed by atoms with Gasteiger partial charge in [-0.25, -0.2) is 0 Å². The lowest BCUT2D eigenvalue weighted by Gasteiger charge is -2.34. The standard InChI is InChI=1S/C12H16NO2.HI/c1-13(2)4-3-9-5-11-12(15-8-14-11)6-10(9)7-13;/h5-6H,3-4,7-8H2,1-2H3;1H/q+1;/p-1. The molecule has 1 aromatic rings. The molecule has 0 aromatic heterocycles. The lowest BCUT2D eigenvalue weighted by molar-refractivity contribution is -0.905. The highest BCUT2D eigenvalue weighted by atomic mass is 127. The number of nitrogens with zero attached hydrogens (tertiary/aromatic N) is 1. The molecule has 0 saturated carbocycles. The summed E-state index contributed by atoms with van der Waals surface area (Å²) in [6.07, 6.45) is 1.14. The van der Waals surface area contributed by atoms with Gasteiger partial charge in [0.15, 0.2) is 11.5 Å². The molecule has 0 N–H and O–H groups in total. The van der Waals surface area contributed by atoms with E-state index in [1.54, 1.807) is 0 Å². The number of likely N-dealkylation sites (N-methyl/N-ethyl adjacent to an activating group) is 1. The van der Waals surface area contributed by atoms with E-state index < -0.39 is 0 Å². The molecule has 16 heavy (non-hydrogen) atoms.